The minimum absolute atomic E-state index is 0.0263. The van der Waals surface area contributed by atoms with Crippen LogP contribution in [0.1, 0.15) is 24.9 Å². The summed E-state index contributed by atoms with van der Waals surface area (Å²) in [4.78, 5) is 13.2. The van der Waals surface area contributed by atoms with E-state index in [0.29, 0.717) is 11.4 Å². The number of methoxy groups -OCH3 is 1. The highest BCUT2D eigenvalue weighted by Gasteiger charge is 2.12. The third kappa shape index (κ3) is 5.48. The van der Waals surface area contributed by atoms with Crippen molar-refractivity contribution in [1.82, 2.24) is 5.32 Å². The van der Waals surface area contributed by atoms with Gasteiger partial charge in [-0.2, -0.15) is 0 Å². The van der Waals surface area contributed by atoms with E-state index >= 15 is 0 Å². The van der Waals surface area contributed by atoms with Crippen LogP contribution in [0.3, 0.4) is 0 Å². The van der Waals surface area contributed by atoms with E-state index in [2.05, 4.69) is 5.32 Å². The standard InChI is InChI=1S/C18H20ClNO2S/c1-13(16-5-3-4-6-17(16)19)20-18(21)11-12-23-15-9-7-14(22-2)8-10-15/h3-10,13H,11-12H2,1-2H3,(H,20,21). The average Bonchev–Trinajstić information content (AvgIpc) is 2.55. The summed E-state index contributed by atoms with van der Waals surface area (Å²) in [5, 5.41) is 3.66. The van der Waals surface area contributed by atoms with Crippen molar-refractivity contribution in [2.24, 2.45) is 0 Å². The minimum Gasteiger partial charge on any atom is -0.497 e. The summed E-state index contributed by atoms with van der Waals surface area (Å²) >= 11 is 7.80. The molecule has 2 aromatic rings. The Morgan fingerprint density at radius 3 is 2.57 bits per heavy atom. The minimum atomic E-state index is -0.0952. The summed E-state index contributed by atoms with van der Waals surface area (Å²) in [6.07, 6.45) is 0.464. The van der Waals surface area contributed by atoms with E-state index in [0.717, 1.165) is 22.0 Å². The summed E-state index contributed by atoms with van der Waals surface area (Å²) in [5.41, 5.74) is 0.935. The second kappa shape index (κ2) is 8.85. The van der Waals surface area contributed by atoms with Gasteiger partial charge >= 0.3 is 0 Å². The van der Waals surface area contributed by atoms with Gasteiger partial charge in [-0.3, -0.25) is 4.79 Å². The molecule has 0 fully saturated rings. The van der Waals surface area contributed by atoms with Crippen LogP contribution in [0.25, 0.3) is 0 Å². The molecule has 1 amide bonds. The molecule has 0 aliphatic rings. The number of amides is 1. The van der Waals surface area contributed by atoms with Crippen molar-refractivity contribution >= 4 is 29.3 Å². The molecule has 0 saturated heterocycles. The second-order valence-electron chi connectivity index (χ2n) is 5.08. The van der Waals surface area contributed by atoms with E-state index in [-0.39, 0.29) is 11.9 Å². The van der Waals surface area contributed by atoms with Gasteiger partial charge in [-0.05, 0) is 42.8 Å². The Hall–Kier alpha value is -1.65. The van der Waals surface area contributed by atoms with Gasteiger partial charge in [-0.1, -0.05) is 29.8 Å². The van der Waals surface area contributed by atoms with Crippen molar-refractivity contribution in [2.75, 3.05) is 12.9 Å². The van der Waals surface area contributed by atoms with Crippen LogP contribution in [0, 0.1) is 0 Å². The Kier molecular flexibility index (Phi) is 6.81. The number of benzene rings is 2. The Bertz CT molecular complexity index is 646. The molecule has 0 saturated carbocycles. The summed E-state index contributed by atoms with van der Waals surface area (Å²) in [5.74, 6) is 1.59. The molecule has 0 radical (unpaired) electrons. The highest BCUT2D eigenvalue weighted by atomic mass is 35.5. The fraction of sp³-hybridized carbons (Fsp3) is 0.278. The lowest BCUT2D eigenvalue weighted by atomic mass is 10.1. The number of hydrogen-bond acceptors (Lipinski definition) is 3. The second-order valence-corrected chi connectivity index (χ2v) is 6.66. The molecule has 2 aromatic carbocycles. The molecule has 3 nitrogen and oxygen atoms in total. The molecule has 0 aromatic heterocycles. The molecule has 0 heterocycles. The molecule has 0 aliphatic heterocycles. The van der Waals surface area contributed by atoms with E-state index in [1.54, 1.807) is 18.9 Å². The Labute approximate surface area is 146 Å². The average molecular weight is 350 g/mol. The lowest BCUT2D eigenvalue weighted by Gasteiger charge is -2.15. The number of thioether (sulfide) groups is 1. The van der Waals surface area contributed by atoms with Crippen LogP contribution in [0.4, 0.5) is 0 Å². The quantitative estimate of drug-likeness (QED) is 0.736. The Balaban J connectivity index is 1.77. The van der Waals surface area contributed by atoms with Crippen LogP contribution in [0.2, 0.25) is 5.02 Å². The van der Waals surface area contributed by atoms with Crippen molar-refractivity contribution < 1.29 is 9.53 Å². The number of halogens is 1. The zero-order valence-electron chi connectivity index (χ0n) is 13.2. The number of carbonyl (C=O) groups excluding carboxylic acids is 1. The molecule has 2 rings (SSSR count). The molecule has 0 spiro atoms. The fourth-order valence-electron chi connectivity index (χ4n) is 2.15. The van der Waals surface area contributed by atoms with Crippen LogP contribution in [-0.4, -0.2) is 18.8 Å². The number of carbonyl (C=O) groups is 1. The topological polar surface area (TPSA) is 38.3 Å². The van der Waals surface area contributed by atoms with Gasteiger partial charge in [-0.25, -0.2) is 0 Å². The van der Waals surface area contributed by atoms with Gasteiger partial charge < -0.3 is 10.1 Å². The van der Waals surface area contributed by atoms with Gasteiger partial charge in [0.1, 0.15) is 5.75 Å². The molecule has 0 bridgehead atoms. The summed E-state index contributed by atoms with van der Waals surface area (Å²) < 4.78 is 5.12. The van der Waals surface area contributed by atoms with Gasteiger partial charge in [0, 0.05) is 22.1 Å². The third-order valence-corrected chi connectivity index (χ3v) is 4.76. The van der Waals surface area contributed by atoms with Crippen LogP contribution >= 0.6 is 23.4 Å². The largest absolute Gasteiger partial charge is 0.497 e. The first-order valence-corrected chi connectivity index (χ1v) is 8.77. The lowest BCUT2D eigenvalue weighted by Crippen LogP contribution is -2.27. The van der Waals surface area contributed by atoms with Crippen molar-refractivity contribution in [3.63, 3.8) is 0 Å². The van der Waals surface area contributed by atoms with E-state index in [1.165, 1.54) is 0 Å². The molecule has 1 unspecified atom stereocenters. The SMILES string of the molecule is COc1ccc(SCCC(=O)NC(C)c2ccccc2Cl)cc1. The molecular weight excluding hydrogens is 330 g/mol. The van der Waals surface area contributed by atoms with Gasteiger partial charge in [0.2, 0.25) is 5.91 Å². The maximum Gasteiger partial charge on any atom is 0.221 e. The molecule has 5 heteroatoms. The maximum absolute atomic E-state index is 12.0. The predicted octanol–water partition coefficient (Wildman–Crippen LogP) is 4.71. The highest BCUT2D eigenvalue weighted by molar-refractivity contribution is 7.99. The van der Waals surface area contributed by atoms with E-state index in [9.17, 15) is 4.79 Å². The number of nitrogens with one attached hydrogen (secondary N) is 1. The van der Waals surface area contributed by atoms with Crippen molar-refractivity contribution in [1.29, 1.82) is 0 Å². The van der Waals surface area contributed by atoms with Gasteiger partial charge in [0.25, 0.3) is 0 Å². The van der Waals surface area contributed by atoms with Crippen LogP contribution in [0.15, 0.2) is 53.4 Å². The Morgan fingerprint density at radius 1 is 1.22 bits per heavy atom. The van der Waals surface area contributed by atoms with Gasteiger partial charge in [0.15, 0.2) is 0 Å². The van der Waals surface area contributed by atoms with E-state index in [1.807, 2.05) is 55.5 Å². The van der Waals surface area contributed by atoms with Crippen LogP contribution in [-0.2, 0) is 4.79 Å². The molecule has 0 aliphatic carbocycles. The van der Waals surface area contributed by atoms with E-state index < -0.39 is 0 Å². The zero-order chi connectivity index (χ0) is 16.7. The molecule has 1 N–H and O–H groups in total. The summed E-state index contributed by atoms with van der Waals surface area (Å²) in [7, 11) is 1.65. The first-order chi connectivity index (χ1) is 11.1. The highest BCUT2D eigenvalue weighted by Crippen LogP contribution is 2.23. The summed E-state index contributed by atoms with van der Waals surface area (Å²) in [6.45, 7) is 1.94. The van der Waals surface area contributed by atoms with Gasteiger partial charge in [0.05, 0.1) is 13.2 Å². The third-order valence-electron chi connectivity index (χ3n) is 3.41. The number of hydrogen-bond donors (Lipinski definition) is 1. The fourth-order valence-corrected chi connectivity index (χ4v) is 3.30. The van der Waals surface area contributed by atoms with Gasteiger partial charge in [-0.15, -0.1) is 11.8 Å². The number of rotatable bonds is 7. The molecule has 1 atom stereocenters. The van der Waals surface area contributed by atoms with Crippen molar-refractivity contribution in [3.8, 4) is 5.75 Å². The molecule has 23 heavy (non-hydrogen) atoms. The van der Waals surface area contributed by atoms with Crippen LogP contribution in [0.5, 0.6) is 5.75 Å². The number of ether oxygens (including phenoxy) is 1. The Morgan fingerprint density at radius 2 is 1.91 bits per heavy atom. The summed E-state index contributed by atoms with van der Waals surface area (Å²) in [6, 6.07) is 15.3. The maximum atomic E-state index is 12.0. The normalized spacial score (nSPS) is 11.8. The smallest absolute Gasteiger partial charge is 0.221 e. The van der Waals surface area contributed by atoms with E-state index in [4.69, 9.17) is 16.3 Å². The van der Waals surface area contributed by atoms with Crippen molar-refractivity contribution in [2.45, 2.75) is 24.3 Å². The van der Waals surface area contributed by atoms with Crippen LogP contribution < -0.4 is 10.1 Å². The molecular formula is C18H20ClNO2S. The monoisotopic (exact) mass is 349 g/mol. The molecule has 122 valence electrons. The van der Waals surface area contributed by atoms with Crippen molar-refractivity contribution in [3.05, 3.63) is 59.1 Å². The predicted molar refractivity (Wildman–Crippen MR) is 96.3 cm³/mol. The zero-order valence-corrected chi connectivity index (χ0v) is 14.8. The lowest BCUT2D eigenvalue weighted by molar-refractivity contribution is -0.121. The first kappa shape index (κ1) is 17.7. The first-order valence-electron chi connectivity index (χ1n) is 7.41.